The Morgan fingerprint density at radius 1 is 1.50 bits per heavy atom. The van der Waals surface area contributed by atoms with E-state index in [2.05, 4.69) is 40.1 Å². The van der Waals surface area contributed by atoms with Crippen molar-refractivity contribution >= 4 is 27.5 Å². The zero-order chi connectivity index (χ0) is 13.3. The van der Waals surface area contributed by atoms with Crippen molar-refractivity contribution in [1.82, 2.24) is 14.7 Å². The number of halogens is 1. The Bertz CT molecular complexity index is 589. The summed E-state index contributed by atoms with van der Waals surface area (Å²) < 4.78 is 2.74. The molecule has 0 saturated heterocycles. The van der Waals surface area contributed by atoms with Gasteiger partial charge in [-0.15, -0.1) is 0 Å². The topological polar surface area (TPSA) is 46.4 Å². The second-order valence-corrected chi connectivity index (χ2v) is 5.64. The molecule has 0 aliphatic rings. The van der Waals surface area contributed by atoms with Crippen molar-refractivity contribution < 1.29 is 4.79 Å². The van der Waals surface area contributed by atoms with Gasteiger partial charge in [0, 0.05) is 17.2 Å². The molecule has 2 rings (SSSR count). The first kappa shape index (κ1) is 13.1. The Hall–Kier alpha value is -1.36. The van der Waals surface area contributed by atoms with Gasteiger partial charge in [-0.25, -0.2) is 4.98 Å². The number of hydrogen-bond acceptors (Lipinski definition) is 2. The van der Waals surface area contributed by atoms with E-state index in [0.717, 1.165) is 15.8 Å². The van der Waals surface area contributed by atoms with Gasteiger partial charge < -0.3 is 5.32 Å². The summed E-state index contributed by atoms with van der Waals surface area (Å²) in [5, 5.41) is 2.92. The number of amides is 1. The molecule has 0 saturated carbocycles. The molecule has 0 aliphatic heterocycles. The van der Waals surface area contributed by atoms with Crippen LogP contribution in [0.4, 0.5) is 0 Å². The summed E-state index contributed by atoms with van der Waals surface area (Å²) in [5.74, 6) is 0.354. The van der Waals surface area contributed by atoms with Gasteiger partial charge in [-0.2, -0.15) is 0 Å². The van der Waals surface area contributed by atoms with Crippen molar-refractivity contribution in [2.75, 3.05) is 6.54 Å². The second-order valence-electron chi connectivity index (χ2n) is 4.73. The van der Waals surface area contributed by atoms with Crippen LogP contribution in [0.15, 0.2) is 22.8 Å². The van der Waals surface area contributed by atoms with Crippen LogP contribution in [0.5, 0.6) is 0 Å². The number of fused-ring (bicyclic) bond motifs is 1. The predicted molar refractivity (Wildman–Crippen MR) is 74.8 cm³/mol. The van der Waals surface area contributed by atoms with E-state index in [4.69, 9.17) is 0 Å². The Kier molecular flexibility index (Phi) is 3.71. The third-order valence-corrected chi connectivity index (χ3v) is 3.11. The summed E-state index contributed by atoms with van der Waals surface area (Å²) in [6.07, 6.45) is 1.86. The number of carbonyl (C=O) groups is 1. The summed E-state index contributed by atoms with van der Waals surface area (Å²) in [6, 6.07) is 3.80. The molecular weight excluding hydrogens is 294 g/mol. The van der Waals surface area contributed by atoms with Crippen molar-refractivity contribution in [1.29, 1.82) is 0 Å². The quantitative estimate of drug-likeness (QED) is 0.947. The minimum absolute atomic E-state index is 0.0770. The molecule has 2 heterocycles. The van der Waals surface area contributed by atoms with Gasteiger partial charge in [0.2, 0.25) is 0 Å². The van der Waals surface area contributed by atoms with Crippen molar-refractivity contribution in [3.05, 3.63) is 34.2 Å². The molecule has 1 amide bonds. The van der Waals surface area contributed by atoms with Gasteiger partial charge >= 0.3 is 0 Å². The van der Waals surface area contributed by atoms with Gasteiger partial charge in [-0.1, -0.05) is 13.8 Å². The fraction of sp³-hybridized carbons (Fsp3) is 0.385. The number of aryl methyl sites for hydroxylation is 1. The average Bonchev–Trinajstić information content (AvgIpc) is 2.61. The molecule has 0 atom stereocenters. The van der Waals surface area contributed by atoms with Crippen LogP contribution in [0.2, 0.25) is 0 Å². The minimum Gasteiger partial charge on any atom is -0.350 e. The zero-order valence-electron chi connectivity index (χ0n) is 10.7. The van der Waals surface area contributed by atoms with E-state index in [1.54, 1.807) is 0 Å². The van der Waals surface area contributed by atoms with Crippen LogP contribution >= 0.6 is 15.9 Å². The van der Waals surface area contributed by atoms with E-state index < -0.39 is 0 Å². The third-order valence-electron chi connectivity index (χ3n) is 2.64. The lowest BCUT2D eigenvalue weighted by atomic mass is 10.2. The lowest BCUT2D eigenvalue weighted by molar-refractivity contribution is 0.0942. The molecule has 0 radical (unpaired) electrons. The Labute approximate surface area is 115 Å². The SMILES string of the molecule is Cc1nc2ccc(Br)cn2c1C(=O)NCC(C)C. The molecule has 2 aromatic rings. The molecule has 0 aromatic carbocycles. The smallest absolute Gasteiger partial charge is 0.270 e. The van der Waals surface area contributed by atoms with E-state index >= 15 is 0 Å². The number of aromatic nitrogens is 2. The largest absolute Gasteiger partial charge is 0.350 e. The van der Waals surface area contributed by atoms with Gasteiger partial charge in [0.25, 0.3) is 5.91 Å². The normalized spacial score (nSPS) is 11.2. The van der Waals surface area contributed by atoms with Crippen molar-refractivity contribution in [2.24, 2.45) is 5.92 Å². The highest BCUT2D eigenvalue weighted by atomic mass is 79.9. The molecule has 0 spiro atoms. The molecule has 1 N–H and O–H groups in total. The van der Waals surface area contributed by atoms with Crippen molar-refractivity contribution in [3.8, 4) is 0 Å². The number of hydrogen-bond donors (Lipinski definition) is 1. The lowest BCUT2D eigenvalue weighted by Crippen LogP contribution is -2.28. The van der Waals surface area contributed by atoms with Gasteiger partial charge in [-0.05, 0) is 40.9 Å². The molecule has 2 aromatic heterocycles. The lowest BCUT2D eigenvalue weighted by Gasteiger charge is -2.08. The van der Waals surface area contributed by atoms with Gasteiger partial charge in [0.15, 0.2) is 0 Å². The van der Waals surface area contributed by atoms with E-state index in [-0.39, 0.29) is 5.91 Å². The first-order valence-electron chi connectivity index (χ1n) is 5.91. The maximum atomic E-state index is 12.2. The molecule has 0 fully saturated rings. The molecule has 18 heavy (non-hydrogen) atoms. The highest BCUT2D eigenvalue weighted by Gasteiger charge is 2.16. The van der Waals surface area contributed by atoms with Crippen LogP contribution in [-0.4, -0.2) is 21.8 Å². The Balaban J connectivity index is 2.40. The van der Waals surface area contributed by atoms with Crippen LogP contribution in [0.3, 0.4) is 0 Å². The summed E-state index contributed by atoms with van der Waals surface area (Å²) in [4.78, 5) is 16.6. The summed E-state index contributed by atoms with van der Waals surface area (Å²) in [5.41, 5.74) is 2.13. The number of nitrogens with zero attached hydrogens (tertiary/aromatic N) is 2. The molecule has 0 aliphatic carbocycles. The fourth-order valence-electron chi connectivity index (χ4n) is 1.79. The van der Waals surface area contributed by atoms with Crippen molar-refractivity contribution in [3.63, 3.8) is 0 Å². The maximum Gasteiger partial charge on any atom is 0.270 e. The summed E-state index contributed by atoms with van der Waals surface area (Å²) >= 11 is 3.41. The van der Waals surface area contributed by atoms with Crippen molar-refractivity contribution in [2.45, 2.75) is 20.8 Å². The minimum atomic E-state index is -0.0770. The number of rotatable bonds is 3. The fourth-order valence-corrected chi connectivity index (χ4v) is 2.13. The first-order valence-corrected chi connectivity index (χ1v) is 6.70. The Morgan fingerprint density at radius 2 is 2.22 bits per heavy atom. The van der Waals surface area contributed by atoms with Crippen LogP contribution in [0, 0.1) is 12.8 Å². The number of imidazole rings is 1. The van der Waals surface area contributed by atoms with E-state index in [0.29, 0.717) is 18.2 Å². The summed E-state index contributed by atoms with van der Waals surface area (Å²) in [7, 11) is 0. The van der Waals surface area contributed by atoms with Gasteiger partial charge in [-0.3, -0.25) is 9.20 Å². The Morgan fingerprint density at radius 3 is 2.89 bits per heavy atom. The maximum absolute atomic E-state index is 12.2. The molecule has 0 bridgehead atoms. The van der Waals surface area contributed by atoms with Crippen LogP contribution in [-0.2, 0) is 0 Å². The van der Waals surface area contributed by atoms with E-state index in [1.807, 2.05) is 29.7 Å². The van der Waals surface area contributed by atoms with Gasteiger partial charge in [0.05, 0.1) is 5.69 Å². The molecular formula is C13H16BrN3O. The standard InChI is InChI=1S/C13H16BrN3O/c1-8(2)6-15-13(18)12-9(3)16-11-5-4-10(14)7-17(11)12/h4-5,7-8H,6H2,1-3H3,(H,15,18). The monoisotopic (exact) mass is 309 g/mol. The third kappa shape index (κ3) is 2.56. The van der Waals surface area contributed by atoms with Gasteiger partial charge in [0.1, 0.15) is 11.3 Å². The predicted octanol–water partition coefficient (Wildman–Crippen LogP) is 2.79. The number of carbonyl (C=O) groups excluding carboxylic acids is 1. The first-order chi connectivity index (χ1) is 8.49. The molecule has 4 nitrogen and oxygen atoms in total. The number of nitrogens with one attached hydrogen (secondary N) is 1. The van der Waals surface area contributed by atoms with E-state index in [1.165, 1.54) is 0 Å². The van der Waals surface area contributed by atoms with E-state index in [9.17, 15) is 4.79 Å². The molecule has 5 heteroatoms. The zero-order valence-corrected chi connectivity index (χ0v) is 12.3. The average molecular weight is 310 g/mol. The second kappa shape index (κ2) is 5.10. The highest BCUT2D eigenvalue weighted by molar-refractivity contribution is 9.10. The van der Waals surface area contributed by atoms with Crippen LogP contribution in [0.1, 0.15) is 30.0 Å². The number of pyridine rings is 1. The van der Waals surface area contributed by atoms with Crippen LogP contribution < -0.4 is 5.32 Å². The molecule has 0 unspecified atom stereocenters. The van der Waals surface area contributed by atoms with Crippen LogP contribution in [0.25, 0.3) is 5.65 Å². The molecule has 96 valence electrons. The summed E-state index contributed by atoms with van der Waals surface area (Å²) in [6.45, 7) is 6.65. The highest BCUT2D eigenvalue weighted by Crippen LogP contribution is 2.16.